The molecule has 6 heteroatoms. The van der Waals surface area contributed by atoms with E-state index in [0.717, 1.165) is 26.2 Å². The summed E-state index contributed by atoms with van der Waals surface area (Å²) < 4.78 is 0. The van der Waals surface area contributed by atoms with E-state index in [1.807, 2.05) is 0 Å². The Labute approximate surface area is 152 Å². The van der Waals surface area contributed by atoms with Crippen LogP contribution in [0.3, 0.4) is 0 Å². The van der Waals surface area contributed by atoms with Crippen molar-refractivity contribution >= 4 is 24.8 Å². The maximum Gasteiger partial charge on any atom is 0.0361 e. The summed E-state index contributed by atoms with van der Waals surface area (Å²) in [5.74, 6) is 0. The van der Waals surface area contributed by atoms with Gasteiger partial charge < -0.3 is 15.5 Å². The number of hydrogen-bond acceptors (Lipinski definition) is 4. The zero-order chi connectivity index (χ0) is 14.3. The molecule has 4 nitrogen and oxygen atoms in total. The molecule has 2 N–H and O–H groups in total. The van der Waals surface area contributed by atoms with E-state index in [9.17, 15) is 0 Å². The summed E-state index contributed by atoms with van der Waals surface area (Å²) in [7, 11) is 0. The number of rotatable bonds is 5. The van der Waals surface area contributed by atoms with Gasteiger partial charge in [-0.25, -0.2) is 0 Å². The van der Waals surface area contributed by atoms with E-state index in [1.165, 1.54) is 44.7 Å². The predicted octanol–water partition coefficient (Wildman–Crippen LogP) is 1.77. The molecule has 132 valence electrons. The Morgan fingerprint density at radius 3 is 2.00 bits per heavy atom. The molecule has 1 aromatic rings. The quantitative estimate of drug-likeness (QED) is 0.837. The Kier molecular flexibility index (Phi) is 10.1. The first kappa shape index (κ1) is 20.7. The molecular weight excluding hydrogens is 331 g/mol. The standard InChI is InChI=1S/C17H28N4.2ClH/c1-2-4-16(5-3-1)17(21-14-9-19-10-15-21)6-11-20-12-7-18-8-13-20;;/h1-5,17-19H,6-15H2;2*1H. The van der Waals surface area contributed by atoms with E-state index >= 15 is 0 Å². The molecule has 2 aliphatic heterocycles. The molecule has 0 bridgehead atoms. The first-order chi connectivity index (χ1) is 10.4. The topological polar surface area (TPSA) is 30.5 Å². The molecule has 0 aromatic heterocycles. The summed E-state index contributed by atoms with van der Waals surface area (Å²) in [5, 5.41) is 6.90. The van der Waals surface area contributed by atoms with Gasteiger partial charge in [0.2, 0.25) is 0 Å². The molecule has 1 unspecified atom stereocenters. The zero-order valence-corrected chi connectivity index (χ0v) is 15.4. The van der Waals surface area contributed by atoms with Gasteiger partial charge in [-0.3, -0.25) is 4.90 Å². The molecule has 2 saturated heterocycles. The summed E-state index contributed by atoms with van der Waals surface area (Å²) >= 11 is 0. The number of piperazine rings is 2. The van der Waals surface area contributed by atoms with Gasteiger partial charge in [0.25, 0.3) is 0 Å². The monoisotopic (exact) mass is 360 g/mol. The maximum absolute atomic E-state index is 3.47. The van der Waals surface area contributed by atoms with Crippen LogP contribution >= 0.6 is 24.8 Å². The predicted molar refractivity (Wildman–Crippen MR) is 102 cm³/mol. The highest BCUT2D eigenvalue weighted by Crippen LogP contribution is 2.25. The average molecular weight is 361 g/mol. The normalized spacial score (nSPS) is 21.0. The lowest BCUT2D eigenvalue weighted by Crippen LogP contribution is -2.47. The maximum atomic E-state index is 3.47. The smallest absolute Gasteiger partial charge is 0.0361 e. The fraction of sp³-hybridized carbons (Fsp3) is 0.647. The van der Waals surface area contributed by atoms with E-state index in [2.05, 4.69) is 50.8 Å². The van der Waals surface area contributed by atoms with Crippen molar-refractivity contribution in [2.75, 3.05) is 58.9 Å². The average Bonchev–Trinajstić information content (AvgIpc) is 2.58. The van der Waals surface area contributed by atoms with E-state index in [4.69, 9.17) is 0 Å². The highest BCUT2D eigenvalue weighted by Gasteiger charge is 2.22. The van der Waals surface area contributed by atoms with E-state index < -0.39 is 0 Å². The third kappa shape index (κ3) is 6.22. The van der Waals surface area contributed by atoms with Crippen LogP contribution in [0.5, 0.6) is 0 Å². The highest BCUT2D eigenvalue weighted by atomic mass is 35.5. The lowest BCUT2D eigenvalue weighted by molar-refractivity contribution is 0.143. The van der Waals surface area contributed by atoms with Crippen molar-refractivity contribution in [1.29, 1.82) is 0 Å². The second-order valence-corrected chi connectivity index (χ2v) is 6.09. The van der Waals surface area contributed by atoms with Gasteiger partial charge in [-0.15, -0.1) is 24.8 Å². The van der Waals surface area contributed by atoms with E-state index in [1.54, 1.807) is 0 Å². The third-order valence-electron chi connectivity index (χ3n) is 4.71. The Bertz CT molecular complexity index is 406. The van der Waals surface area contributed by atoms with Gasteiger partial charge in [0.15, 0.2) is 0 Å². The fourth-order valence-corrected chi connectivity index (χ4v) is 3.47. The van der Waals surface area contributed by atoms with E-state index in [-0.39, 0.29) is 24.8 Å². The minimum Gasteiger partial charge on any atom is -0.314 e. The van der Waals surface area contributed by atoms with Crippen molar-refractivity contribution in [3.63, 3.8) is 0 Å². The Hall–Kier alpha value is -0.360. The minimum absolute atomic E-state index is 0. The molecule has 23 heavy (non-hydrogen) atoms. The Morgan fingerprint density at radius 1 is 0.826 bits per heavy atom. The van der Waals surface area contributed by atoms with Gasteiger partial charge in [0, 0.05) is 64.9 Å². The van der Waals surface area contributed by atoms with Crippen LogP contribution in [0.15, 0.2) is 30.3 Å². The van der Waals surface area contributed by atoms with Crippen molar-refractivity contribution < 1.29 is 0 Å². The van der Waals surface area contributed by atoms with Gasteiger partial charge in [-0.2, -0.15) is 0 Å². The van der Waals surface area contributed by atoms with Gasteiger partial charge in [0.05, 0.1) is 0 Å². The molecule has 1 aromatic carbocycles. The summed E-state index contributed by atoms with van der Waals surface area (Å²) in [4.78, 5) is 5.27. The number of nitrogens with one attached hydrogen (secondary N) is 2. The Morgan fingerprint density at radius 2 is 1.39 bits per heavy atom. The van der Waals surface area contributed by atoms with Gasteiger partial charge in [0.1, 0.15) is 0 Å². The molecule has 1 atom stereocenters. The van der Waals surface area contributed by atoms with Crippen molar-refractivity contribution in [2.24, 2.45) is 0 Å². The molecule has 0 saturated carbocycles. The molecular formula is C17H30Cl2N4. The van der Waals surface area contributed by atoms with Crippen LogP contribution in [0.1, 0.15) is 18.0 Å². The van der Waals surface area contributed by atoms with Crippen molar-refractivity contribution in [2.45, 2.75) is 12.5 Å². The summed E-state index contributed by atoms with van der Waals surface area (Å²) in [6.07, 6.45) is 1.24. The first-order valence-electron chi connectivity index (χ1n) is 8.36. The van der Waals surface area contributed by atoms with Crippen LogP contribution in [0.25, 0.3) is 0 Å². The van der Waals surface area contributed by atoms with Crippen LogP contribution in [-0.4, -0.2) is 68.7 Å². The van der Waals surface area contributed by atoms with Crippen LogP contribution in [0.4, 0.5) is 0 Å². The number of hydrogen-bond donors (Lipinski definition) is 2. The molecule has 2 heterocycles. The van der Waals surface area contributed by atoms with Crippen molar-refractivity contribution in [1.82, 2.24) is 20.4 Å². The van der Waals surface area contributed by atoms with Crippen molar-refractivity contribution in [3.05, 3.63) is 35.9 Å². The molecule has 0 spiro atoms. The SMILES string of the molecule is Cl.Cl.c1ccc(C(CCN2CCNCC2)N2CCNCC2)cc1. The van der Waals surface area contributed by atoms with E-state index in [0.29, 0.717) is 6.04 Å². The first-order valence-corrected chi connectivity index (χ1v) is 8.36. The molecule has 0 amide bonds. The second kappa shape index (κ2) is 11.2. The summed E-state index contributed by atoms with van der Waals surface area (Å²) in [6, 6.07) is 11.6. The van der Waals surface area contributed by atoms with Crippen LogP contribution in [0, 0.1) is 0 Å². The molecule has 2 fully saturated rings. The molecule has 0 radical (unpaired) electrons. The van der Waals surface area contributed by atoms with Gasteiger partial charge in [-0.05, 0) is 12.0 Å². The van der Waals surface area contributed by atoms with Crippen LogP contribution in [-0.2, 0) is 0 Å². The third-order valence-corrected chi connectivity index (χ3v) is 4.71. The molecule has 0 aliphatic carbocycles. The highest BCUT2D eigenvalue weighted by molar-refractivity contribution is 5.85. The number of nitrogens with zero attached hydrogens (tertiary/aromatic N) is 2. The number of halogens is 2. The fourth-order valence-electron chi connectivity index (χ4n) is 3.47. The lowest BCUT2D eigenvalue weighted by atomic mass is 10.0. The van der Waals surface area contributed by atoms with Crippen molar-refractivity contribution in [3.8, 4) is 0 Å². The molecule has 2 aliphatic rings. The summed E-state index contributed by atoms with van der Waals surface area (Å²) in [5.41, 5.74) is 1.48. The largest absolute Gasteiger partial charge is 0.314 e. The summed E-state index contributed by atoms with van der Waals surface area (Å²) in [6.45, 7) is 10.5. The van der Waals surface area contributed by atoms with Crippen LogP contribution in [0.2, 0.25) is 0 Å². The second-order valence-electron chi connectivity index (χ2n) is 6.09. The molecule has 3 rings (SSSR count). The Balaban J connectivity index is 0.00000132. The van der Waals surface area contributed by atoms with Gasteiger partial charge >= 0.3 is 0 Å². The minimum atomic E-state index is 0. The van der Waals surface area contributed by atoms with Crippen LogP contribution < -0.4 is 10.6 Å². The number of benzene rings is 1. The van der Waals surface area contributed by atoms with Gasteiger partial charge in [-0.1, -0.05) is 30.3 Å². The zero-order valence-electron chi connectivity index (χ0n) is 13.7. The lowest BCUT2D eigenvalue weighted by Gasteiger charge is -2.37.